The molecule has 1 heteroatoms. The molecule has 0 spiro atoms. The van der Waals surface area contributed by atoms with Crippen molar-refractivity contribution in [3.8, 4) is 12.3 Å². The van der Waals surface area contributed by atoms with E-state index in [1.165, 1.54) is 10.8 Å². The van der Waals surface area contributed by atoms with Gasteiger partial charge in [0.2, 0.25) is 0 Å². The third-order valence-electron chi connectivity index (χ3n) is 3.80. The molecule has 0 radical (unpaired) electrons. The van der Waals surface area contributed by atoms with Crippen LogP contribution < -0.4 is 4.90 Å². The van der Waals surface area contributed by atoms with E-state index in [1.54, 1.807) is 0 Å². The first kappa shape index (κ1) is 13.3. The zero-order valence-corrected chi connectivity index (χ0v) is 12.0. The molecule has 0 heterocycles. The topological polar surface area (TPSA) is 3.24 Å². The predicted molar refractivity (Wildman–Crippen MR) is 90.4 cm³/mol. The van der Waals surface area contributed by atoms with E-state index in [1.807, 2.05) is 25.2 Å². The molecule has 0 unspecified atom stereocenters. The van der Waals surface area contributed by atoms with E-state index in [0.29, 0.717) is 0 Å². The average Bonchev–Trinajstić information content (AvgIpc) is 2.56. The highest BCUT2D eigenvalue weighted by Gasteiger charge is 2.15. The third kappa shape index (κ3) is 2.61. The van der Waals surface area contributed by atoms with Crippen molar-refractivity contribution in [2.75, 3.05) is 11.9 Å². The lowest BCUT2D eigenvalue weighted by Crippen LogP contribution is -2.22. The lowest BCUT2D eigenvalue weighted by molar-refractivity contribution is 0.836. The van der Waals surface area contributed by atoms with Crippen LogP contribution >= 0.6 is 0 Å². The second kappa shape index (κ2) is 5.73. The van der Waals surface area contributed by atoms with Crippen LogP contribution in [0.1, 0.15) is 11.6 Å². The van der Waals surface area contributed by atoms with Gasteiger partial charge in [0.25, 0.3) is 0 Å². The molecule has 0 saturated carbocycles. The molecule has 21 heavy (non-hydrogen) atoms. The molecule has 0 aliphatic rings. The quantitative estimate of drug-likeness (QED) is 0.627. The van der Waals surface area contributed by atoms with Gasteiger partial charge in [-0.1, -0.05) is 60.5 Å². The number of nitrogens with zero attached hydrogens (tertiary/aromatic N) is 1. The summed E-state index contributed by atoms with van der Waals surface area (Å²) in [6, 6.07) is 24.9. The van der Waals surface area contributed by atoms with Crippen LogP contribution in [0.2, 0.25) is 0 Å². The SMILES string of the molecule is C#C[C@@H](c1ccc2ccccc2c1)N(C)c1ccccc1. The number of terminal acetylenes is 1. The molecule has 1 nitrogen and oxygen atoms in total. The standard InChI is InChI=1S/C20H17N/c1-3-20(21(2)19-11-5-4-6-12-19)18-14-13-16-9-7-8-10-17(16)15-18/h1,4-15,20H,2H3/t20-/m0/s1. The number of hydrogen-bond acceptors (Lipinski definition) is 1. The summed E-state index contributed by atoms with van der Waals surface area (Å²) in [4.78, 5) is 2.13. The van der Waals surface area contributed by atoms with Crippen LogP contribution in [-0.2, 0) is 0 Å². The Kier molecular flexibility index (Phi) is 3.62. The number of hydrogen-bond donors (Lipinski definition) is 0. The molecule has 0 fully saturated rings. The van der Waals surface area contributed by atoms with Crippen LogP contribution in [0.25, 0.3) is 10.8 Å². The van der Waals surface area contributed by atoms with Gasteiger partial charge in [0, 0.05) is 12.7 Å². The minimum Gasteiger partial charge on any atom is -0.357 e. The minimum absolute atomic E-state index is 0.0722. The van der Waals surface area contributed by atoms with Gasteiger partial charge in [-0.15, -0.1) is 6.42 Å². The second-order valence-electron chi connectivity index (χ2n) is 5.12. The monoisotopic (exact) mass is 271 g/mol. The second-order valence-corrected chi connectivity index (χ2v) is 5.12. The summed E-state index contributed by atoms with van der Waals surface area (Å²) in [5.74, 6) is 2.91. The van der Waals surface area contributed by atoms with Gasteiger partial charge in [0.05, 0.1) is 0 Å². The molecule has 0 N–H and O–H groups in total. The first-order chi connectivity index (χ1) is 10.3. The lowest BCUT2D eigenvalue weighted by atomic mass is 10.0. The van der Waals surface area contributed by atoms with E-state index >= 15 is 0 Å². The van der Waals surface area contributed by atoms with Crippen molar-refractivity contribution in [3.05, 3.63) is 78.4 Å². The maximum atomic E-state index is 5.80. The van der Waals surface area contributed by atoms with Crippen LogP contribution in [0.3, 0.4) is 0 Å². The Bertz CT molecular complexity index is 784. The molecule has 0 aromatic heterocycles. The van der Waals surface area contributed by atoms with E-state index in [-0.39, 0.29) is 6.04 Å². The van der Waals surface area contributed by atoms with E-state index < -0.39 is 0 Å². The molecule has 0 bridgehead atoms. The fourth-order valence-corrected chi connectivity index (χ4v) is 2.62. The highest BCUT2D eigenvalue weighted by molar-refractivity contribution is 5.83. The van der Waals surface area contributed by atoms with Crippen molar-refractivity contribution in [2.24, 2.45) is 0 Å². The summed E-state index contributed by atoms with van der Waals surface area (Å²) >= 11 is 0. The van der Waals surface area contributed by atoms with Gasteiger partial charge >= 0.3 is 0 Å². The van der Waals surface area contributed by atoms with E-state index in [9.17, 15) is 0 Å². The zero-order chi connectivity index (χ0) is 14.7. The van der Waals surface area contributed by atoms with E-state index in [0.717, 1.165) is 11.3 Å². The largest absolute Gasteiger partial charge is 0.357 e. The summed E-state index contributed by atoms with van der Waals surface area (Å²) in [5, 5.41) is 2.45. The lowest BCUT2D eigenvalue weighted by Gasteiger charge is -2.26. The van der Waals surface area contributed by atoms with E-state index in [2.05, 4.69) is 65.4 Å². The van der Waals surface area contributed by atoms with Gasteiger partial charge in [-0.2, -0.15) is 0 Å². The molecule has 3 rings (SSSR count). The van der Waals surface area contributed by atoms with Crippen molar-refractivity contribution < 1.29 is 0 Å². The molecule has 1 atom stereocenters. The molecule has 0 amide bonds. The van der Waals surface area contributed by atoms with Crippen LogP contribution in [0.5, 0.6) is 0 Å². The van der Waals surface area contributed by atoms with Crippen molar-refractivity contribution in [1.29, 1.82) is 0 Å². The minimum atomic E-state index is -0.0722. The Morgan fingerprint density at radius 2 is 1.52 bits per heavy atom. The molecular formula is C20H17N. The van der Waals surface area contributed by atoms with Gasteiger partial charge in [0.15, 0.2) is 0 Å². The Hall–Kier alpha value is -2.72. The van der Waals surface area contributed by atoms with Gasteiger partial charge in [-0.3, -0.25) is 0 Å². The Morgan fingerprint density at radius 1 is 0.857 bits per heavy atom. The highest BCUT2D eigenvalue weighted by atomic mass is 15.1. The van der Waals surface area contributed by atoms with Gasteiger partial charge in [0.1, 0.15) is 6.04 Å². The summed E-state index contributed by atoms with van der Waals surface area (Å²) in [6.07, 6.45) is 5.80. The smallest absolute Gasteiger partial charge is 0.115 e. The maximum absolute atomic E-state index is 5.80. The number of anilines is 1. The summed E-state index contributed by atoms with van der Waals surface area (Å²) in [6.45, 7) is 0. The van der Waals surface area contributed by atoms with Crippen LogP contribution in [0, 0.1) is 12.3 Å². The molecule has 3 aromatic carbocycles. The van der Waals surface area contributed by atoms with Crippen LogP contribution in [0.15, 0.2) is 72.8 Å². The van der Waals surface area contributed by atoms with E-state index in [4.69, 9.17) is 6.42 Å². The van der Waals surface area contributed by atoms with Gasteiger partial charge in [-0.05, 0) is 34.5 Å². The number of rotatable bonds is 3. The molecule has 0 aliphatic heterocycles. The highest BCUT2D eigenvalue weighted by Crippen LogP contribution is 2.27. The average molecular weight is 271 g/mol. The molecule has 102 valence electrons. The molecule has 0 aliphatic carbocycles. The zero-order valence-electron chi connectivity index (χ0n) is 12.0. The first-order valence-corrected chi connectivity index (χ1v) is 7.02. The molecule has 0 saturated heterocycles. The summed E-state index contributed by atoms with van der Waals surface area (Å²) in [5.41, 5.74) is 2.26. The maximum Gasteiger partial charge on any atom is 0.115 e. The Morgan fingerprint density at radius 3 is 2.24 bits per heavy atom. The number of fused-ring (bicyclic) bond motifs is 1. The molecular weight excluding hydrogens is 254 g/mol. The van der Waals surface area contributed by atoms with Crippen molar-refractivity contribution in [3.63, 3.8) is 0 Å². The van der Waals surface area contributed by atoms with Gasteiger partial charge in [-0.25, -0.2) is 0 Å². The summed E-state index contributed by atoms with van der Waals surface area (Å²) in [7, 11) is 2.04. The fraction of sp³-hybridized carbons (Fsp3) is 0.100. The van der Waals surface area contributed by atoms with Crippen LogP contribution in [0.4, 0.5) is 5.69 Å². The third-order valence-corrected chi connectivity index (χ3v) is 3.80. The normalized spacial score (nSPS) is 11.8. The Labute approximate surface area is 125 Å². The Balaban J connectivity index is 2.00. The fourth-order valence-electron chi connectivity index (χ4n) is 2.62. The number of para-hydroxylation sites is 1. The van der Waals surface area contributed by atoms with Crippen molar-refractivity contribution in [2.45, 2.75) is 6.04 Å². The van der Waals surface area contributed by atoms with Gasteiger partial charge < -0.3 is 4.90 Å². The summed E-state index contributed by atoms with van der Waals surface area (Å²) < 4.78 is 0. The van der Waals surface area contributed by atoms with Crippen molar-refractivity contribution in [1.82, 2.24) is 0 Å². The first-order valence-electron chi connectivity index (χ1n) is 7.02. The molecule has 3 aromatic rings. The van der Waals surface area contributed by atoms with Crippen molar-refractivity contribution >= 4 is 16.5 Å². The predicted octanol–water partition coefficient (Wildman–Crippen LogP) is 4.65. The van der Waals surface area contributed by atoms with Crippen LogP contribution in [-0.4, -0.2) is 7.05 Å². The number of benzene rings is 3.